The van der Waals surface area contributed by atoms with Gasteiger partial charge in [-0.3, -0.25) is 4.79 Å². The van der Waals surface area contributed by atoms with Gasteiger partial charge in [-0.2, -0.15) is 5.10 Å². The van der Waals surface area contributed by atoms with Gasteiger partial charge in [0.2, 0.25) is 5.91 Å². The number of hydrogen-bond acceptors (Lipinski definition) is 4. The largest absolute Gasteiger partial charge is 0.302 e. The van der Waals surface area contributed by atoms with Gasteiger partial charge in [-0.05, 0) is 47.5 Å². The monoisotopic (exact) mass is 442 g/mol. The van der Waals surface area contributed by atoms with Crippen molar-refractivity contribution in [2.75, 3.05) is 5.32 Å². The van der Waals surface area contributed by atoms with Crippen molar-refractivity contribution < 1.29 is 9.18 Å². The summed E-state index contributed by atoms with van der Waals surface area (Å²) in [6.07, 6.45) is 3.75. The Kier molecular flexibility index (Phi) is 5.47. The van der Waals surface area contributed by atoms with E-state index in [1.54, 1.807) is 29.2 Å². The third-order valence-corrected chi connectivity index (χ3v) is 6.02. The summed E-state index contributed by atoms with van der Waals surface area (Å²) >= 11 is 1.40. The maximum absolute atomic E-state index is 13.3. The second-order valence-electron chi connectivity index (χ2n) is 7.40. The number of anilines is 1. The Bertz CT molecular complexity index is 1350. The van der Waals surface area contributed by atoms with Gasteiger partial charge < -0.3 is 5.32 Å². The van der Waals surface area contributed by atoms with Crippen molar-refractivity contribution in [3.8, 4) is 5.69 Å². The predicted octanol–water partition coefficient (Wildman–Crippen LogP) is 5.78. The smallest absolute Gasteiger partial charge is 0.227 e. The molecule has 1 atom stereocenters. The summed E-state index contributed by atoms with van der Waals surface area (Å²) in [5, 5.41) is 10.7. The number of nitrogens with zero attached hydrogens (tertiary/aromatic N) is 3. The van der Waals surface area contributed by atoms with Gasteiger partial charge in [0.1, 0.15) is 5.82 Å². The number of carbonyl (C=O) groups excluding carboxylic acids is 1. The molecule has 0 radical (unpaired) electrons. The first kappa shape index (κ1) is 20.1. The molecule has 0 saturated heterocycles. The second-order valence-corrected chi connectivity index (χ2v) is 8.30. The van der Waals surface area contributed by atoms with Crippen LogP contribution in [0, 0.1) is 5.82 Å². The molecule has 5 nitrogen and oxygen atoms in total. The molecule has 1 amide bonds. The maximum atomic E-state index is 13.3. The molecule has 2 aromatic heterocycles. The van der Waals surface area contributed by atoms with Crippen molar-refractivity contribution in [1.29, 1.82) is 0 Å². The Morgan fingerprint density at radius 3 is 2.59 bits per heavy atom. The fourth-order valence-corrected chi connectivity index (χ4v) is 4.36. The fourth-order valence-electron chi connectivity index (χ4n) is 3.81. The van der Waals surface area contributed by atoms with Crippen LogP contribution in [0.1, 0.15) is 23.5 Å². The van der Waals surface area contributed by atoms with E-state index in [4.69, 9.17) is 0 Å². The molecule has 0 bridgehead atoms. The molecule has 0 fully saturated rings. The van der Waals surface area contributed by atoms with Gasteiger partial charge in [0, 0.05) is 29.3 Å². The molecule has 5 aromatic rings. The van der Waals surface area contributed by atoms with Crippen LogP contribution in [0.15, 0.2) is 90.6 Å². The Hall–Kier alpha value is -3.84. The molecule has 0 aliphatic heterocycles. The van der Waals surface area contributed by atoms with E-state index in [9.17, 15) is 9.18 Å². The first-order chi connectivity index (χ1) is 15.7. The number of hydrogen-bond donors (Lipinski definition) is 1. The lowest BCUT2D eigenvalue weighted by Crippen LogP contribution is -2.16. The van der Waals surface area contributed by atoms with Gasteiger partial charge in [-0.25, -0.2) is 14.1 Å². The molecule has 3 aromatic carbocycles. The third-order valence-electron chi connectivity index (χ3n) is 5.34. The van der Waals surface area contributed by atoms with Crippen LogP contribution in [0.2, 0.25) is 0 Å². The molecule has 0 saturated carbocycles. The maximum Gasteiger partial charge on any atom is 0.227 e. The van der Waals surface area contributed by atoms with Crippen molar-refractivity contribution >= 4 is 33.3 Å². The Morgan fingerprint density at radius 2 is 1.84 bits per heavy atom. The number of halogens is 1. The predicted molar refractivity (Wildman–Crippen MR) is 125 cm³/mol. The Balaban J connectivity index is 1.48. The summed E-state index contributed by atoms with van der Waals surface area (Å²) in [5.41, 5.74) is 3.79. The first-order valence-corrected chi connectivity index (χ1v) is 11.0. The van der Waals surface area contributed by atoms with E-state index in [0.717, 1.165) is 27.7 Å². The fraction of sp³-hybridized carbons (Fsp3) is 0.0800. The van der Waals surface area contributed by atoms with Crippen molar-refractivity contribution in [2.24, 2.45) is 0 Å². The van der Waals surface area contributed by atoms with Crippen LogP contribution in [0.25, 0.3) is 16.6 Å². The lowest BCUT2D eigenvalue weighted by atomic mass is 9.88. The van der Waals surface area contributed by atoms with E-state index in [0.29, 0.717) is 11.6 Å². The number of nitrogens with one attached hydrogen (secondary N) is 1. The van der Waals surface area contributed by atoms with Gasteiger partial charge in [0.25, 0.3) is 0 Å². The number of benzene rings is 3. The molecule has 2 heterocycles. The number of rotatable bonds is 6. The normalized spacial score (nSPS) is 12.0. The zero-order valence-corrected chi connectivity index (χ0v) is 17.8. The van der Waals surface area contributed by atoms with Crippen molar-refractivity contribution in [3.63, 3.8) is 0 Å². The van der Waals surface area contributed by atoms with Crippen molar-refractivity contribution in [2.45, 2.75) is 12.3 Å². The van der Waals surface area contributed by atoms with E-state index in [1.807, 2.05) is 47.8 Å². The number of carbonyl (C=O) groups is 1. The topological polar surface area (TPSA) is 59.8 Å². The quantitative estimate of drug-likeness (QED) is 0.363. The highest BCUT2D eigenvalue weighted by Crippen LogP contribution is 2.31. The molecule has 1 unspecified atom stereocenters. The van der Waals surface area contributed by atoms with Crippen molar-refractivity contribution in [1.82, 2.24) is 14.8 Å². The average Bonchev–Trinajstić information content (AvgIpc) is 3.48. The third kappa shape index (κ3) is 4.15. The van der Waals surface area contributed by atoms with Gasteiger partial charge in [0.15, 0.2) is 5.13 Å². The minimum absolute atomic E-state index is 0.0871. The van der Waals surface area contributed by atoms with Crippen LogP contribution < -0.4 is 5.32 Å². The van der Waals surface area contributed by atoms with Crippen LogP contribution in [-0.4, -0.2) is 20.7 Å². The average molecular weight is 443 g/mol. The lowest BCUT2D eigenvalue weighted by molar-refractivity contribution is -0.116. The van der Waals surface area contributed by atoms with Gasteiger partial charge >= 0.3 is 0 Å². The molecule has 5 rings (SSSR count). The summed E-state index contributed by atoms with van der Waals surface area (Å²) in [4.78, 5) is 16.9. The highest BCUT2D eigenvalue weighted by Gasteiger charge is 2.20. The second kappa shape index (κ2) is 8.72. The molecule has 0 spiro atoms. The number of aromatic nitrogens is 3. The minimum Gasteiger partial charge on any atom is -0.302 e. The molecule has 1 N–H and O–H groups in total. The Labute approximate surface area is 188 Å². The molecular formula is C25H19FN4OS. The molecular weight excluding hydrogens is 423 g/mol. The van der Waals surface area contributed by atoms with Crippen LogP contribution >= 0.6 is 11.3 Å². The zero-order chi connectivity index (χ0) is 21.9. The minimum atomic E-state index is -0.283. The Morgan fingerprint density at radius 1 is 1.03 bits per heavy atom. The molecule has 32 heavy (non-hydrogen) atoms. The highest BCUT2D eigenvalue weighted by molar-refractivity contribution is 7.13. The highest BCUT2D eigenvalue weighted by atomic mass is 32.1. The van der Waals surface area contributed by atoms with Gasteiger partial charge in [-0.15, -0.1) is 11.3 Å². The zero-order valence-electron chi connectivity index (χ0n) is 17.0. The van der Waals surface area contributed by atoms with Gasteiger partial charge in [0.05, 0.1) is 17.4 Å². The van der Waals surface area contributed by atoms with Gasteiger partial charge in [-0.1, -0.05) is 36.4 Å². The standard InChI is InChI=1S/C25H19FN4OS/c26-20-7-9-21(10-8-20)30-23-11-6-18(14-19(23)16-28-30)22(17-4-2-1-3-5-17)15-24(31)29-25-27-12-13-32-25/h1-14,16,22H,15H2,(H,27,29,31). The molecule has 7 heteroatoms. The molecule has 0 aliphatic carbocycles. The SMILES string of the molecule is O=C(CC(c1ccccc1)c1ccc2c(cnn2-c2ccc(F)cc2)c1)Nc1nccs1. The molecule has 158 valence electrons. The molecule has 0 aliphatic rings. The van der Waals surface area contributed by atoms with E-state index < -0.39 is 0 Å². The summed E-state index contributed by atoms with van der Waals surface area (Å²) in [6, 6.07) is 22.3. The lowest BCUT2D eigenvalue weighted by Gasteiger charge is -2.18. The van der Waals surface area contributed by atoms with E-state index in [1.165, 1.54) is 23.5 Å². The summed E-state index contributed by atoms with van der Waals surface area (Å²) in [5.74, 6) is -0.486. The van der Waals surface area contributed by atoms with Crippen LogP contribution in [0.4, 0.5) is 9.52 Å². The van der Waals surface area contributed by atoms with Crippen LogP contribution in [0.5, 0.6) is 0 Å². The number of fused-ring (bicyclic) bond motifs is 1. The number of thiazole rings is 1. The van der Waals surface area contributed by atoms with Crippen LogP contribution in [0.3, 0.4) is 0 Å². The van der Waals surface area contributed by atoms with E-state index in [2.05, 4.69) is 21.5 Å². The summed E-state index contributed by atoms with van der Waals surface area (Å²) in [7, 11) is 0. The summed E-state index contributed by atoms with van der Waals surface area (Å²) in [6.45, 7) is 0. The van der Waals surface area contributed by atoms with E-state index in [-0.39, 0.29) is 17.6 Å². The number of amides is 1. The van der Waals surface area contributed by atoms with Crippen molar-refractivity contribution in [3.05, 3.63) is 108 Å². The summed E-state index contributed by atoms with van der Waals surface area (Å²) < 4.78 is 15.1. The van der Waals surface area contributed by atoms with E-state index >= 15 is 0 Å². The first-order valence-electron chi connectivity index (χ1n) is 10.2. The van der Waals surface area contributed by atoms with Crippen LogP contribution in [-0.2, 0) is 4.79 Å².